The molecule has 0 spiro atoms. The van der Waals surface area contributed by atoms with E-state index in [-0.39, 0.29) is 0 Å². The fourth-order valence-corrected chi connectivity index (χ4v) is 3.65. The van der Waals surface area contributed by atoms with Crippen LogP contribution in [-0.4, -0.2) is 22.3 Å². The van der Waals surface area contributed by atoms with Crippen LogP contribution >= 0.6 is 11.8 Å². The van der Waals surface area contributed by atoms with Crippen molar-refractivity contribution in [1.29, 1.82) is 0 Å². The van der Waals surface area contributed by atoms with Gasteiger partial charge in [-0.1, -0.05) is 42.5 Å². The van der Waals surface area contributed by atoms with Crippen LogP contribution in [0.1, 0.15) is 10.5 Å². The molecule has 4 rings (SSSR count). The van der Waals surface area contributed by atoms with Gasteiger partial charge in [0.15, 0.2) is 0 Å². The summed E-state index contributed by atoms with van der Waals surface area (Å²) in [6.45, 7) is 0. The van der Waals surface area contributed by atoms with E-state index in [1.807, 2.05) is 79.1 Å². The first-order chi connectivity index (χ1) is 13.7. The van der Waals surface area contributed by atoms with E-state index < -0.39 is 11.7 Å². The number of carbonyl (C=O) groups excluding carboxylic acids is 2. The normalized spacial score (nSPS) is 10.8. The van der Waals surface area contributed by atoms with Gasteiger partial charge in [0.2, 0.25) is 0 Å². The number of hydrogen-bond donors (Lipinski definition) is 1. The number of carbonyl (C=O) groups is 2. The number of amides is 1. The molecule has 2 aromatic carbocycles. The van der Waals surface area contributed by atoms with E-state index in [1.165, 1.54) is 0 Å². The Bertz CT molecular complexity index is 1170. The van der Waals surface area contributed by atoms with Gasteiger partial charge in [0.05, 0.1) is 0 Å². The van der Waals surface area contributed by atoms with Crippen LogP contribution in [-0.2, 0) is 4.79 Å². The third-order valence-electron chi connectivity index (χ3n) is 4.51. The number of pyridine rings is 1. The van der Waals surface area contributed by atoms with Crippen LogP contribution in [0.5, 0.6) is 0 Å². The van der Waals surface area contributed by atoms with Crippen LogP contribution in [0.4, 0.5) is 5.69 Å². The second kappa shape index (κ2) is 7.74. The molecule has 0 unspecified atom stereocenters. The second-order valence-electron chi connectivity index (χ2n) is 6.28. The van der Waals surface area contributed by atoms with Crippen molar-refractivity contribution >= 4 is 34.7 Å². The monoisotopic (exact) mass is 386 g/mol. The first kappa shape index (κ1) is 18.1. The third-order valence-corrected chi connectivity index (χ3v) is 5.24. The van der Waals surface area contributed by atoms with Crippen LogP contribution in [0, 0.1) is 0 Å². The number of fused-ring (bicyclic) bond motifs is 1. The summed E-state index contributed by atoms with van der Waals surface area (Å²) in [4.78, 5) is 26.9. The Morgan fingerprint density at radius 2 is 1.68 bits per heavy atom. The van der Waals surface area contributed by atoms with Crippen molar-refractivity contribution in [3.05, 3.63) is 90.8 Å². The second-order valence-corrected chi connectivity index (χ2v) is 7.16. The zero-order valence-electron chi connectivity index (χ0n) is 15.3. The molecule has 5 heteroatoms. The Morgan fingerprint density at radius 1 is 0.893 bits per heavy atom. The summed E-state index contributed by atoms with van der Waals surface area (Å²) in [5, 5.41) is 2.73. The molecule has 28 heavy (non-hydrogen) atoms. The van der Waals surface area contributed by atoms with E-state index in [1.54, 1.807) is 28.4 Å². The van der Waals surface area contributed by atoms with E-state index in [4.69, 9.17) is 0 Å². The van der Waals surface area contributed by atoms with Gasteiger partial charge in [-0.05, 0) is 48.2 Å². The van der Waals surface area contributed by atoms with Gasteiger partial charge >= 0.3 is 0 Å². The molecule has 1 amide bonds. The minimum Gasteiger partial charge on any atom is -0.319 e. The van der Waals surface area contributed by atoms with Crippen LogP contribution in [0.2, 0.25) is 0 Å². The van der Waals surface area contributed by atoms with Gasteiger partial charge in [0.1, 0.15) is 5.69 Å². The zero-order valence-corrected chi connectivity index (χ0v) is 16.1. The van der Waals surface area contributed by atoms with Crippen LogP contribution in [0.25, 0.3) is 16.6 Å². The van der Waals surface area contributed by atoms with E-state index in [2.05, 4.69) is 5.32 Å². The number of ketones is 1. The summed E-state index contributed by atoms with van der Waals surface area (Å²) in [6.07, 6.45) is 3.77. The third kappa shape index (κ3) is 3.44. The van der Waals surface area contributed by atoms with Gasteiger partial charge in [-0.15, -0.1) is 11.8 Å². The van der Waals surface area contributed by atoms with Gasteiger partial charge in [-0.25, -0.2) is 0 Å². The van der Waals surface area contributed by atoms with Crippen molar-refractivity contribution < 1.29 is 9.59 Å². The summed E-state index contributed by atoms with van der Waals surface area (Å²) in [5.41, 5.74) is 3.46. The maximum atomic E-state index is 13.1. The molecular weight excluding hydrogens is 368 g/mol. The maximum absolute atomic E-state index is 13.1. The quantitative estimate of drug-likeness (QED) is 0.293. The van der Waals surface area contributed by atoms with Crippen LogP contribution in [0.3, 0.4) is 0 Å². The Hall–Kier alpha value is -3.31. The molecule has 0 saturated carbocycles. The van der Waals surface area contributed by atoms with E-state index in [9.17, 15) is 9.59 Å². The fraction of sp³-hybridized carbons (Fsp3) is 0.0435. The first-order valence-electron chi connectivity index (χ1n) is 8.82. The van der Waals surface area contributed by atoms with Crippen LogP contribution < -0.4 is 5.32 Å². The highest BCUT2D eigenvalue weighted by Crippen LogP contribution is 2.28. The number of nitrogens with zero attached hydrogens (tertiary/aromatic N) is 1. The van der Waals surface area contributed by atoms with E-state index in [0.29, 0.717) is 11.4 Å². The van der Waals surface area contributed by atoms with Crippen molar-refractivity contribution in [3.8, 4) is 11.1 Å². The number of Topliss-reactive ketones (excluding diaryl/α,β-unsaturated/α-hetero) is 1. The Morgan fingerprint density at radius 3 is 2.46 bits per heavy atom. The first-order valence-corrected chi connectivity index (χ1v) is 10.0. The summed E-state index contributed by atoms with van der Waals surface area (Å²) in [5.74, 6) is -1.22. The number of rotatable bonds is 5. The topological polar surface area (TPSA) is 50.6 Å². The Kier molecular flexibility index (Phi) is 5.00. The number of benzene rings is 2. The molecule has 0 aliphatic carbocycles. The molecule has 4 nitrogen and oxygen atoms in total. The minimum atomic E-state index is -0.653. The average Bonchev–Trinajstić information content (AvgIpc) is 3.13. The highest BCUT2D eigenvalue weighted by Gasteiger charge is 2.24. The Balaban J connectivity index is 1.75. The van der Waals surface area contributed by atoms with Crippen molar-refractivity contribution in [2.75, 3.05) is 11.6 Å². The molecule has 2 heterocycles. The van der Waals surface area contributed by atoms with Crippen molar-refractivity contribution in [2.45, 2.75) is 4.90 Å². The minimum absolute atomic E-state index is 0.361. The van der Waals surface area contributed by atoms with Gasteiger partial charge < -0.3 is 9.72 Å². The number of thioether (sulfide) groups is 1. The molecule has 2 aromatic heterocycles. The molecule has 138 valence electrons. The lowest BCUT2D eigenvalue weighted by atomic mass is 10.0. The van der Waals surface area contributed by atoms with Gasteiger partial charge in [-0.2, -0.15) is 0 Å². The summed E-state index contributed by atoms with van der Waals surface area (Å²) in [6, 6.07) is 24.7. The molecule has 0 atom stereocenters. The van der Waals surface area contributed by atoms with Crippen molar-refractivity contribution in [2.24, 2.45) is 0 Å². The van der Waals surface area contributed by atoms with Gasteiger partial charge in [0.25, 0.3) is 11.7 Å². The average molecular weight is 386 g/mol. The number of nitrogens with one attached hydrogen (secondary N) is 1. The van der Waals surface area contributed by atoms with Gasteiger partial charge in [-0.3, -0.25) is 9.59 Å². The summed E-state index contributed by atoms with van der Waals surface area (Å²) in [7, 11) is 0. The molecule has 1 N–H and O–H groups in total. The number of anilines is 1. The van der Waals surface area contributed by atoms with Crippen molar-refractivity contribution in [3.63, 3.8) is 0 Å². The summed E-state index contributed by atoms with van der Waals surface area (Å²) < 4.78 is 1.77. The fourth-order valence-electron chi connectivity index (χ4n) is 3.19. The molecule has 4 aromatic rings. The lowest BCUT2D eigenvalue weighted by Crippen LogP contribution is -2.24. The number of aromatic nitrogens is 1. The summed E-state index contributed by atoms with van der Waals surface area (Å²) >= 11 is 1.58. The molecule has 0 bridgehead atoms. The standard InChI is InChI=1S/C23H18N2O2S/c1-28-19-12-7-10-17(14-19)24-23(27)22(26)21-20(16-8-3-2-4-9-16)15-18-11-5-6-13-25(18)21/h2-15H,1H3,(H,24,27). The number of hydrogen-bond acceptors (Lipinski definition) is 3. The predicted octanol–water partition coefficient (Wildman–Crippen LogP) is 5.15. The molecule has 0 saturated heterocycles. The maximum Gasteiger partial charge on any atom is 0.298 e. The molecule has 0 fully saturated rings. The highest BCUT2D eigenvalue weighted by molar-refractivity contribution is 7.98. The van der Waals surface area contributed by atoms with E-state index in [0.717, 1.165) is 21.5 Å². The largest absolute Gasteiger partial charge is 0.319 e. The molecule has 0 aliphatic rings. The lowest BCUT2D eigenvalue weighted by molar-refractivity contribution is -0.112. The lowest BCUT2D eigenvalue weighted by Gasteiger charge is -2.08. The van der Waals surface area contributed by atoms with Gasteiger partial charge in [0, 0.05) is 27.9 Å². The SMILES string of the molecule is CSc1cccc(NC(=O)C(=O)c2c(-c3ccccc3)cc3ccccn23)c1. The van der Waals surface area contributed by atoms with Crippen LogP contribution in [0.15, 0.2) is 90.0 Å². The smallest absolute Gasteiger partial charge is 0.298 e. The Labute approximate surface area is 167 Å². The predicted molar refractivity (Wildman–Crippen MR) is 114 cm³/mol. The molecule has 0 aliphatic heterocycles. The zero-order chi connectivity index (χ0) is 19.5. The van der Waals surface area contributed by atoms with E-state index >= 15 is 0 Å². The highest BCUT2D eigenvalue weighted by atomic mass is 32.2. The molecular formula is C23H18N2O2S. The van der Waals surface area contributed by atoms with Crippen molar-refractivity contribution in [1.82, 2.24) is 4.40 Å². The molecule has 0 radical (unpaired) electrons.